The van der Waals surface area contributed by atoms with Gasteiger partial charge in [0.2, 0.25) is 5.91 Å². The molecule has 1 aromatic carbocycles. The van der Waals surface area contributed by atoms with Gasteiger partial charge in [0, 0.05) is 30.3 Å². The number of carbonyl (C=O) groups excluding carboxylic acids is 1. The van der Waals surface area contributed by atoms with Crippen molar-refractivity contribution in [2.75, 3.05) is 19.8 Å². The van der Waals surface area contributed by atoms with Crippen molar-refractivity contribution in [2.45, 2.75) is 38.5 Å². The lowest BCUT2D eigenvalue weighted by atomic mass is 10.1. The molecule has 2 aromatic rings. The first-order valence-corrected chi connectivity index (χ1v) is 9.19. The van der Waals surface area contributed by atoms with Gasteiger partial charge in [0.15, 0.2) is 5.43 Å². The number of ether oxygens (including phenoxy) is 1. The Hall–Kier alpha value is -2.18. The number of aryl methyl sites for hydroxylation is 1. The number of fused-ring (bicyclic) bond motifs is 2. The number of hydrogen-bond acceptors (Lipinski definition) is 4. The molecule has 138 valence electrons. The topological polar surface area (TPSA) is 71.8 Å². The molecule has 2 fully saturated rings. The SMILES string of the molecule is Cc1cc(=O)c2ccccc2n1CC(=O)N1CCOC2C[C@H](CO)C[C@@H]21. The molecule has 0 bridgehead atoms. The highest BCUT2D eigenvalue weighted by Gasteiger charge is 2.42. The minimum atomic E-state index is -0.0187. The van der Waals surface area contributed by atoms with Gasteiger partial charge in [-0.25, -0.2) is 0 Å². The summed E-state index contributed by atoms with van der Waals surface area (Å²) in [6, 6.07) is 9.04. The van der Waals surface area contributed by atoms with Crippen LogP contribution in [0, 0.1) is 12.8 Å². The van der Waals surface area contributed by atoms with E-state index in [0.717, 1.165) is 24.1 Å². The van der Waals surface area contributed by atoms with Crippen LogP contribution in [0.25, 0.3) is 10.9 Å². The average Bonchev–Trinajstić information content (AvgIpc) is 3.08. The molecule has 6 heteroatoms. The Morgan fingerprint density at radius 3 is 2.92 bits per heavy atom. The van der Waals surface area contributed by atoms with Crippen LogP contribution in [0.3, 0.4) is 0 Å². The van der Waals surface area contributed by atoms with Gasteiger partial charge in [0.1, 0.15) is 6.54 Å². The van der Waals surface area contributed by atoms with Crippen molar-refractivity contribution < 1.29 is 14.6 Å². The Bertz CT molecular complexity index is 891. The number of aliphatic hydroxyl groups is 1. The Balaban J connectivity index is 1.63. The highest BCUT2D eigenvalue weighted by molar-refractivity contribution is 5.83. The number of para-hydroxylation sites is 1. The lowest BCUT2D eigenvalue weighted by Gasteiger charge is -2.38. The number of benzene rings is 1. The van der Waals surface area contributed by atoms with E-state index in [4.69, 9.17) is 4.74 Å². The summed E-state index contributed by atoms with van der Waals surface area (Å²) in [5.74, 6) is 0.243. The maximum Gasteiger partial charge on any atom is 0.242 e. The van der Waals surface area contributed by atoms with Gasteiger partial charge in [0.25, 0.3) is 0 Å². The fourth-order valence-corrected chi connectivity index (χ4v) is 4.40. The number of carbonyl (C=O) groups is 1. The predicted octanol–water partition coefficient (Wildman–Crippen LogP) is 1.31. The van der Waals surface area contributed by atoms with Gasteiger partial charge >= 0.3 is 0 Å². The number of nitrogens with zero attached hydrogens (tertiary/aromatic N) is 2. The first kappa shape index (κ1) is 17.2. The second-order valence-electron chi connectivity index (χ2n) is 7.34. The van der Waals surface area contributed by atoms with Crippen LogP contribution in [0.15, 0.2) is 35.1 Å². The fraction of sp³-hybridized carbons (Fsp3) is 0.500. The fourth-order valence-electron chi connectivity index (χ4n) is 4.40. The second-order valence-corrected chi connectivity index (χ2v) is 7.34. The van der Waals surface area contributed by atoms with Gasteiger partial charge in [-0.15, -0.1) is 0 Å². The minimum Gasteiger partial charge on any atom is -0.396 e. The van der Waals surface area contributed by atoms with Crippen LogP contribution >= 0.6 is 0 Å². The minimum absolute atomic E-state index is 0.0187. The molecule has 0 radical (unpaired) electrons. The molecule has 2 heterocycles. The molecular weight excluding hydrogens is 332 g/mol. The molecule has 1 saturated carbocycles. The van der Waals surface area contributed by atoms with Crippen LogP contribution in [0.1, 0.15) is 18.5 Å². The van der Waals surface area contributed by atoms with Crippen LogP contribution in [0.2, 0.25) is 0 Å². The number of morpholine rings is 1. The van der Waals surface area contributed by atoms with Crippen molar-refractivity contribution in [1.29, 1.82) is 0 Å². The Kier molecular flexibility index (Phi) is 4.54. The van der Waals surface area contributed by atoms with E-state index in [-0.39, 0.29) is 42.6 Å². The van der Waals surface area contributed by atoms with Crippen molar-refractivity contribution in [3.63, 3.8) is 0 Å². The molecule has 1 unspecified atom stereocenters. The standard InChI is InChI=1S/C20H24N2O4/c1-13-8-18(24)15-4-2-3-5-16(15)22(13)11-20(25)21-6-7-26-19-10-14(12-23)9-17(19)21/h2-5,8,14,17,19,23H,6-7,9-12H2,1H3/t14-,17+,19?/m1/s1. The molecule has 1 aromatic heterocycles. The molecule has 6 nitrogen and oxygen atoms in total. The zero-order valence-electron chi connectivity index (χ0n) is 14.9. The Morgan fingerprint density at radius 2 is 2.12 bits per heavy atom. The molecule has 1 aliphatic heterocycles. The van der Waals surface area contributed by atoms with Crippen molar-refractivity contribution in [2.24, 2.45) is 5.92 Å². The molecule has 1 N–H and O–H groups in total. The third kappa shape index (κ3) is 2.93. The van der Waals surface area contributed by atoms with E-state index < -0.39 is 0 Å². The van der Waals surface area contributed by atoms with Crippen LogP contribution in [-0.2, 0) is 16.1 Å². The molecule has 1 amide bonds. The third-order valence-electron chi connectivity index (χ3n) is 5.73. The molecular formula is C20H24N2O4. The largest absolute Gasteiger partial charge is 0.396 e. The van der Waals surface area contributed by atoms with E-state index in [1.165, 1.54) is 0 Å². The number of amides is 1. The summed E-state index contributed by atoms with van der Waals surface area (Å²) in [4.78, 5) is 27.2. The number of pyridine rings is 1. The highest BCUT2D eigenvalue weighted by Crippen LogP contribution is 2.34. The van der Waals surface area contributed by atoms with Gasteiger partial charge in [-0.05, 0) is 37.8 Å². The molecule has 1 aliphatic carbocycles. The summed E-state index contributed by atoms with van der Waals surface area (Å²) in [7, 11) is 0. The molecule has 0 spiro atoms. The van der Waals surface area contributed by atoms with Gasteiger partial charge in [-0.1, -0.05) is 12.1 Å². The molecule has 4 rings (SSSR count). The molecule has 2 aliphatic rings. The first-order valence-electron chi connectivity index (χ1n) is 9.19. The number of aliphatic hydroxyl groups excluding tert-OH is 1. The van der Waals surface area contributed by atoms with E-state index in [1.54, 1.807) is 12.1 Å². The van der Waals surface area contributed by atoms with Gasteiger partial charge in [0.05, 0.1) is 24.3 Å². The quantitative estimate of drug-likeness (QED) is 0.900. The third-order valence-corrected chi connectivity index (χ3v) is 5.73. The van der Waals surface area contributed by atoms with E-state index in [1.807, 2.05) is 34.6 Å². The maximum absolute atomic E-state index is 13.1. The predicted molar refractivity (Wildman–Crippen MR) is 98.0 cm³/mol. The van der Waals surface area contributed by atoms with Gasteiger partial charge < -0.3 is 19.3 Å². The summed E-state index contributed by atoms with van der Waals surface area (Å²) < 4.78 is 7.74. The zero-order chi connectivity index (χ0) is 18.3. The van der Waals surface area contributed by atoms with E-state index in [9.17, 15) is 14.7 Å². The van der Waals surface area contributed by atoms with Crippen LogP contribution in [0.5, 0.6) is 0 Å². The lowest BCUT2D eigenvalue weighted by molar-refractivity contribution is -0.144. The molecule has 26 heavy (non-hydrogen) atoms. The van der Waals surface area contributed by atoms with Gasteiger partial charge in [-0.3, -0.25) is 9.59 Å². The smallest absolute Gasteiger partial charge is 0.242 e. The van der Waals surface area contributed by atoms with Crippen LogP contribution < -0.4 is 5.43 Å². The second kappa shape index (κ2) is 6.85. The molecule has 3 atom stereocenters. The number of aromatic nitrogens is 1. The summed E-state index contributed by atoms with van der Waals surface area (Å²) >= 11 is 0. The Labute approximate surface area is 152 Å². The lowest BCUT2D eigenvalue weighted by Crippen LogP contribution is -2.52. The number of rotatable bonds is 3. The summed E-state index contributed by atoms with van der Waals surface area (Å²) in [5, 5.41) is 10.1. The van der Waals surface area contributed by atoms with Crippen molar-refractivity contribution in [1.82, 2.24) is 9.47 Å². The van der Waals surface area contributed by atoms with Crippen molar-refractivity contribution in [3.05, 3.63) is 46.2 Å². The van der Waals surface area contributed by atoms with Crippen molar-refractivity contribution in [3.8, 4) is 0 Å². The Morgan fingerprint density at radius 1 is 1.31 bits per heavy atom. The zero-order valence-corrected chi connectivity index (χ0v) is 14.9. The summed E-state index contributed by atoms with van der Waals surface area (Å²) in [6.07, 6.45) is 1.62. The highest BCUT2D eigenvalue weighted by atomic mass is 16.5. The van der Waals surface area contributed by atoms with E-state index in [2.05, 4.69) is 0 Å². The average molecular weight is 356 g/mol. The number of hydrogen-bond donors (Lipinski definition) is 1. The van der Waals surface area contributed by atoms with Crippen molar-refractivity contribution >= 4 is 16.8 Å². The summed E-state index contributed by atoms with van der Waals surface area (Å²) in [5.41, 5.74) is 1.55. The molecule has 1 saturated heterocycles. The van der Waals surface area contributed by atoms with E-state index >= 15 is 0 Å². The van der Waals surface area contributed by atoms with Crippen LogP contribution in [-0.4, -0.2) is 52.4 Å². The first-order chi connectivity index (χ1) is 12.6. The van der Waals surface area contributed by atoms with E-state index in [0.29, 0.717) is 18.5 Å². The van der Waals surface area contributed by atoms with Crippen LogP contribution in [0.4, 0.5) is 0 Å². The summed E-state index contributed by atoms with van der Waals surface area (Å²) in [6.45, 7) is 3.33. The monoisotopic (exact) mass is 356 g/mol. The maximum atomic E-state index is 13.1. The normalized spacial score (nSPS) is 25.5. The van der Waals surface area contributed by atoms with Gasteiger partial charge in [-0.2, -0.15) is 0 Å².